The first-order chi connectivity index (χ1) is 37.0. The number of Topliss-reactive ketones (excluding diaryl/α,β-unsaturated/α-hetero) is 2. The van der Waals surface area contributed by atoms with Crippen molar-refractivity contribution in [3.05, 3.63) is 24.3 Å². The number of rotatable bonds is 11. The smallest absolute Gasteiger partial charge is 0.264 e. The first-order valence-electron chi connectivity index (χ1n) is 32.0. The first-order valence-corrected chi connectivity index (χ1v) is 33.8. The van der Waals surface area contributed by atoms with Gasteiger partial charge in [0.05, 0.1) is 26.1 Å². The third kappa shape index (κ3) is 9.59. The summed E-state index contributed by atoms with van der Waals surface area (Å²) in [6.45, 7) is 36.2. The summed E-state index contributed by atoms with van der Waals surface area (Å²) in [6, 6.07) is 0. The summed E-state index contributed by atoms with van der Waals surface area (Å²) in [5, 5.41) is 17.8. The molecule has 0 spiro atoms. The van der Waals surface area contributed by atoms with Crippen molar-refractivity contribution in [1.82, 2.24) is 0 Å². The lowest BCUT2D eigenvalue weighted by Gasteiger charge is -2.72. The first kappa shape index (κ1) is 62.1. The average molecular weight is 1120 g/mol. The zero-order valence-electron chi connectivity index (χ0n) is 52.1. The molecule has 0 bridgehead atoms. The molecule has 450 valence electrons. The van der Waals surface area contributed by atoms with E-state index in [1.807, 2.05) is 7.11 Å². The fourth-order valence-corrected chi connectivity index (χ4v) is 24.6. The summed E-state index contributed by atoms with van der Waals surface area (Å²) >= 11 is 0. The lowest BCUT2D eigenvalue weighted by molar-refractivity contribution is -0.245. The van der Waals surface area contributed by atoms with Crippen molar-refractivity contribution in [2.75, 3.05) is 53.5 Å². The summed E-state index contributed by atoms with van der Waals surface area (Å²) in [5.41, 5.74) is 3.33. The van der Waals surface area contributed by atoms with E-state index in [4.69, 9.17) is 23.5 Å². The third-order valence-corrected chi connectivity index (χ3v) is 29.1. The van der Waals surface area contributed by atoms with Gasteiger partial charge in [-0.25, -0.2) is 0 Å². The van der Waals surface area contributed by atoms with Crippen LogP contribution in [0.3, 0.4) is 0 Å². The molecule has 11 rings (SSSR count). The molecule has 2 N–H and O–H groups in total. The fraction of sp³-hybridized carbons (Fsp3) is 0.912. The van der Waals surface area contributed by atoms with E-state index < -0.39 is 10.1 Å². The van der Waals surface area contributed by atoms with Crippen LogP contribution in [0.25, 0.3) is 0 Å². The second-order valence-corrected chi connectivity index (χ2v) is 33.3. The zero-order valence-corrected chi connectivity index (χ0v) is 52.9. The molecule has 1 heterocycles. The molecule has 1 saturated heterocycles. The molecule has 11 aliphatic rings. The second-order valence-electron chi connectivity index (χ2n) is 31.7. The van der Waals surface area contributed by atoms with Gasteiger partial charge >= 0.3 is 0 Å². The molecule has 0 aromatic carbocycles. The molecule has 10 nitrogen and oxygen atoms in total. The Balaban J connectivity index is 0.000000186. The van der Waals surface area contributed by atoms with E-state index in [2.05, 4.69) is 82.4 Å². The van der Waals surface area contributed by atoms with Gasteiger partial charge < -0.3 is 24.4 Å². The van der Waals surface area contributed by atoms with Crippen LogP contribution < -0.4 is 0 Å². The van der Waals surface area contributed by atoms with E-state index in [9.17, 15) is 23.1 Å². The lowest BCUT2D eigenvalue weighted by Crippen LogP contribution is -2.66. The van der Waals surface area contributed by atoms with Gasteiger partial charge in [-0.15, -0.1) is 0 Å². The average Bonchev–Trinajstić information content (AvgIpc) is 4.22. The minimum absolute atomic E-state index is 0.0147. The van der Waals surface area contributed by atoms with Crippen LogP contribution in [-0.2, 0) is 38.1 Å². The number of aliphatic hydroxyl groups excluding tert-OH is 2. The van der Waals surface area contributed by atoms with Gasteiger partial charge in [0.1, 0.15) is 11.6 Å². The van der Waals surface area contributed by atoms with Crippen LogP contribution in [0.5, 0.6) is 0 Å². The molecule has 10 aliphatic carbocycles. The molecular weight excluding hydrogens is 1010 g/mol. The summed E-state index contributed by atoms with van der Waals surface area (Å²) in [4.78, 5) is 26.1. The Morgan fingerprint density at radius 3 is 1.49 bits per heavy atom. The Morgan fingerprint density at radius 2 is 1.04 bits per heavy atom. The standard InChI is InChI=1S/C36H58O4.C31H50O5S.CH4O/c1-24(22-38-7)25-13-18-36(23-40-30-10-8-9-21-39-30)20-19-34(5)26(31(25)36)11-12-28-33(4)16-15-29(37)32(2,3)27(33)14-17-35(28,34)6;1-20(18-36-37(7,34)35)21-10-15-31(19-32)17-16-29(5)22(26(21)31)8-9-24-28(4)13-12-25(33)27(2,3)23(28)11-14-30(24,29)6;1-2/h25-28,30-31H,1,8-23H2,2-7H3;21-24,26,32H,1,8-19H2,2-7H3;2H,1H3/t25-,26+,27-,28+,30?,31+,33-,34+,35+,36+;21-,22+,23-,24+,26+,28-,29+,30+,31+;/m00./s1. The molecule has 19 atom stereocenters. The summed E-state index contributed by atoms with van der Waals surface area (Å²) < 4.78 is 47.0. The molecule has 79 heavy (non-hydrogen) atoms. The number of aliphatic hydroxyl groups is 2. The molecule has 0 aromatic rings. The molecule has 11 heteroatoms. The van der Waals surface area contributed by atoms with Crippen LogP contribution in [0, 0.1) is 113 Å². The topological polar surface area (TPSA) is 146 Å². The highest BCUT2D eigenvalue weighted by Gasteiger charge is 2.73. The van der Waals surface area contributed by atoms with E-state index >= 15 is 0 Å². The maximum Gasteiger partial charge on any atom is 0.264 e. The molecule has 1 aliphatic heterocycles. The molecule has 0 amide bonds. The number of fused-ring (bicyclic) bond motifs is 14. The van der Waals surface area contributed by atoms with E-state index in [-0.39, 0.29) is 68.7 Å². The lowest BCUT2D eigenvalue weighted by atomic mass is 9.32. The van der Waals surface area contributed by atoms with Gasteiger partial charge in [0.25, 0.3) is 10.1 Å². The number of ketones is 2. The van der Waals surface area contributed by atoms with Gasteiger partial charge in [-0.2, -0.15) is 8.42 Å². The van der Waals surface area contributed by atoms with Crippen LogP contribution in [0.2, 0.25) is 0 Å². The van der Waals surface area contributed by atoms with Crippen molar-refractivity contribution in [2.24, 2.45) is 113 Å². The maximum atomic E-state index is 13.1. The number of hydrogen-bond acceptors (Lipinski definition) is 10. The van der Waals surface area contributed by atoms with Crippen LogP contribution in [-0.4, -0.2) is 90.0 Å². The highest BCUT2D eigenvalue weighted by molar-refractivity contribution is 7.86. The summed E-state index contributed by atoms with van der Waals surface area (Å²) in [5.74, 6) is 6.06. The van der Waals surface area contributed by atoms with Gasteiger partial charge in [-0.1, -0.05) is 82.4 Å². The van der Waals surface area contributed by atoms with Crippen LogP contribution in [0.4, 0.5) is 0 Å². The number of carbonyl (C=O) groups is 2. The molecule has 11 fully saturated rings. The Bertz CT molecular complexity index is 2410. The molecular formula is C68H112O10S. The second kappa shape index (κ2) is 21.8. The van der Waals surface area contributed by atoms with Gasteiger partial charge in [-0.3, -0.25) is 13.8 Å². The molecule has 1 unspecified atom stereocenters. The predicted molar refractivity (Wildman–Crippen MR) is 314 cm³/mol. The van der Waals surface area contributed by atoms with E-state index in [1.54, 1.807) is 0 Å². The fourth-order valence-electron chi connectivity index (χ4n) is 24.2. The predicted octanol–water partition coefficient (Wildman–Crippen LogP) is 14.2. The van der Waals surface area contributed by atoms with Crippen molar-refractivity contribution in [3.8, 4) is 0 Å². The van der Waals surface area contributed by atoms with E-state index in [1.165, 1.54) is 76.2 Å². The molecule has 0 aromatic heterocycles. The number of methoxy groups -OCH3 is 1. The zero-order chi connectivity index (χ0) is 57.8. The molecule has 0 radical (unpaired) electrons. The van der Waals surface area contributed by atoms with Crippen LogP contribution in [0.1, 0.15) is 217 Å². The minimum atomic E-state index is -3.53. The van der Waals surface area contributed by atoms with Crippen molar-refractivity contribution in [2.45, 2.75) is 223 Å². The van der Waals surface area contributed by atoms with Crippen molar-refractivity contribution >= 4 is 21.7 Å². The Morgan fingerprint density at radius 1 is 0.570 bits per heavy atom. The Kier molecular flexibility index (Phi) is 17.1. The van der Waals surface area contributed by atoms with Crippen LogP contribution in [0.15, 0.2) is 24.3 Å². The number of hydrogen-bond donors (Lipinski definition) is 2. The SMILES string of the molecule is C=C(COC)[C@@H]1CC[C@]2(COC3CCCCO3)CC[C@]3(C)[C@H](CC[C@@H]4[C@@]5(C)CCC(=O)C(C)(C)[C@@H]5CC[C@]43C)[C@@H]12.C=C(COS(C)(=O)=O)[C@@H]1CC[C@]2(CO)CC[C@]3(C)[C@H](CC[C@@H]4[C@@]5(C)CCC(=O)C(C)(C)[C@@H]5CC[C@]43C)[C@@H]12.CO. The van der Waals surface area contributed by atoms with Gasteiger partial charge in [-0.05, 0) is 248 Å². The van der Waals surface area contributed by atoms with E-state index in [0.29, 0.717) is 88.7 Å². The summed E-state index contributed by atoms with van der Waals surface area (Å²) in [6.07, 6.45) is 27.0. The van der Waals surface area contributed by atoms with Crippen LogP contribution >= 0.6 is 0 Å². The highest BCUT2D eigenvalue weighted by Crippen LogP contribution is 2.79. The summed E-state index contributed by atoms with van der Waals surface area (Å²) in [7, 11) is -0.703. The Hall–Kier alpha value is -1.47. The third-order valence-electron chi connectivity index (χ3n) is 28.6. The maximum absolute atomic E-state index is 13.1. The Labute approximate surface area is 480 Å². The van der Waals surface area contributed by atoms with Gasteiger partial charge in [0, 0.05) is 51.1 Å². The largest absolute Gasteiger partial charge is 0.400 e. The monoisotopic (exact) mass is 1120 g/mol. The number of ether oxygens (including phenoxy) is 3. The normalized spacial score (nSPS) is 48.3. The minimum Gasteiger partial charge on any atom is -0.400 e. The van der Waals surface area contributed by atoms with Crippen molar-refractivity contribution in [1.29, 1.82) is 0 Å². The number of carbonyl (C=O) groups excluding carboxylic acids is 2. The van der Waals surface area contributed by atoms with Crippen molar-refractivity contribution < 1.29 is 46.6 Å². The van der Waals surface area contributed by atoms with Gasteiger partial charge in [0.15, 0.2) is 6.29 Å². The quantitative estimate of drug-likeness (QED) is 0.151. The van der Waals surface area contributed by atoms with E-state index in [0.717, 1.165) is 103 Å². The van der Waals surface area contributed by atoms with Gasteiger partial charge in [0.2, 0.25) is 0 Å². The van der Waals surface area contributed by atoms with Crippen molar-refractivity contribution in [3.63, 3.8) is 0 Å². The highest BCUT2D eigenvalue weighted by atomic mass is 32.2. The molecule has 10 saturated carbocycles.